The molecule has 2 aromatic rings. The van der Waals surface area contributed by atoms with Crippen LogP contribution in [0.15, 0.2) is 33.3 Å². The molecule has 108 valence electrons. The number of benzene rings is 1. The molecule has 0 spiro atoms. The molecule has 0 aliphatic heterocycles. The standard InChI is InChI=1S/C12H14BrN3O3S/c1-20(17,18)7-6-10(14)12-15-11(16-19-12)8-2-4-9(13)5-3-8/h2-5,10H,6-7,14H2,1H3. The summed E-state index contributed by atoms with van der Waals surface area (Å²) in [6.07, 6.45) is 1.42. The van der Waals surface area contributed by atoms with Crippen LogP contribution in [0, 0.1) is 0 Å². The molecule has 1 unspecified atom stereocenters. The topological polar surface area (TPSA) is 99.1 Å². The monoisotopic (exact) mass is 359 g/mol. The first-order valence-corrected chi connectivity index (χ1v) is 8.73. The number of hydrogen-bond acceptors (Lipinski definition) is 6. The molecule has 6 nitrogen and oxygen atoms in total. The first-order chi connectivity index (χ1) is 9.35. The number of rotatable bonds is 5. The Labute approximate surface area is 125 Å². The highest BCUT2D eigenvalue weighted by molar-refractivity contribution is 9.10. The fourth-order valence-corrected chi connectivity index (χ4v) is 2.51. The Balaban J connectivity index is 2.10. The van der Waals surface area contributed by atoms with E-state index < -0.39 is 15.9 Å². The molecule has 1 heterocycles. The first kappa shape index (κ1) is 15.1. The van der Waals surface area contributed by atoms with E-state index in [-0.39, 0.29) is 18.1 Å². The van der Waals surface area contributed by atoms with Crippen molar-refractivity contribution in [1.29, 1.82) is 0 Å². The van der Waals surface area contributed by atoms with Gasteiger partial charge in [-0.2, -0.15) is 4.98 Å². The molecule has 0 aliphatic carbocycles. The Morgan fingerprint density at radius 1 is 1.35 bits per heavy atom. The number of aromatic nitrogens is 2. The van der Waals surface area contributed by atoms with E-state index >= 15 is 0 Å². The largest absolute Gasteiger partial charge is 0.337 e. The van der Waals surface area contributed by atoms with Crippen LogP contribution in [0.1, 0.15) is 18.4 Å². The Morgan fingerprint density at radius 3 is 2.60 bits per heavy atom. The van der Waals surface area contributed by atoms with Crippen molar-refractivity contribution in [3.05, 3.63) is 34.6 Å². The highest BCUT2D eigenvalue weighted by Gasteiger charge is 2.17. The van der Waals surface area contributed by atoms with Gasteiger partial charge in [-0.3, -0.25) is 0 Å². The minimum atomic E-state index is -3.05. The summed E-state index contributed by atoms with van der Waals surface area (Å²) in [5.74, 6) is 0.665. The zero-order chi connectivity index (χ0) is 14.8. The molecule has 1 aromatic carbocycles. The third-order valence-corrected chi connectivity index (χ3v) is 4.17. The molecule has 0 amide bonds. The molecule has 0 radical (unpaired) electrons. The van der Waals surface area contributed by atoms with Crippen LogP contribution in [0.4, 0.5) is 0 Å². The number of nitrogens with zero attached hydrogens (tertiary/aromatic N) is 2. The van der Waals surface area contributed by atoms with Gasteiger partial charge in [0.1, 0.15) is 9.84 Å². The zero-order valence-corrected chi connectivity index (χ0v) is 13.2. The zero-order valence-electron chi connectivity index (χ0n) is 10.8. The summed E-state index contributed by atoms with van der Waals surface area (Å²) in [5, 5.41) is 3.85. The molecule has 0 bridgehead atoms. The van der Waals surface area contributed by atoms with Crippen molar-refractivity contribution < 1.29 is 12.9 Å². The molecule has 2 N–H and O–H groups in total. The van der Waals surface area contributed by atoms with Crippen LogP contribution in [0.5, 0.6) is 0 Å². The van der Waals surface area contributed by atoms with Gasteiger partial charge in [0.05, 0.1) is 11.8 Å². The fraction of sp³-hybridized carbons (Fsp3) is 0.333. The summed E-state index contributed by atoms with van der Waals surface area (Å²) < 4.78 is 28.2. The molecule has 0 aliphatic rings. The highest BCUT2D eigenvalue weighted by atomic mass is 79.9. The minimum absolute atomic E-state index is 0.00976. The van der Waals surface area contributed by atoms with Crippen molar-refractivity contribution in [3.8, 4) is 11.4 Å². The Morgan fingerprint density at radius 2 is 2.00 bits per heavy atom. The van der Waals surface area contributed by atoms with Crippen molar-refractivity contribution in [1.82, 2.24) is 10.1 Å². The third kappa shape index (κ3) is 4.12. The van der Waals surface area contributed by atoms with Crippen molar-refractivity contribution in [2.75, 3.05) is 12.0 Å². The molecule has 8 heteroatoms. The molecule has 20 heavy (non-hydrogen) atoms. The van der Waals surface area contributed by atoms with Gasteiger partial charge in [0, 0.05) is 16.3 Å². The van der Waals surface area contributed by atoms with Crippen LogP contribution in [0.25, 0.3) is 11.4 Å². The summed E-state index contributed by atoms with van der Waals surface area (Å²) in [4.78, 5) is 4.20. The minimum Gasteiger partial charge on any atom is -0.337 e. The number of hydrogen-bond donors (Lipinski definition) is 1. The van der Waals surface area contributed by atoms with Crippen molar-refractivity contribution in [2.45, 2.75) is 12.5 Å². The molecular formula is C12H14BrN3O3S. The number of sulfone groups is 1. The maximum absolute atomic E-state index is 11.1. The Hall–Kier alpha value is -1.25. The summed E-state index contributed by atoms with van der Waals surface area (Å²) in [6.45, 7) is 0. The van der Waals surface area contributed by atoms with Gasteiger partial charge >= 0.3 is 0 Å². The third-order valence-electron chi connectivity index (χ3n) is 2.66. The maximum atomic E-state index is 11.1. The summed E-state index contributed by atoms with van der Waals surface area (Å²) in [7, 11) is -3.05. The van der Waals surface area contributed by atoms with Gasteiger partial charge < -0.3 is 10.3 Å². The smallest absolute Gasteiger partial charge is 0.243 e. The van der Waals surface area contributed by atoms with E-state index in [2.05, 4.69) is 26.1 Å². The van der Waals surface area contributed by atoms with Crippen LogP contribution >= 0.6 is 15.9 Å². The van der Waals surface area contributed by atoms with E-state index in [0.717, 1.165) is 10.0 Å². The van der Waals surface area contributed by atoms with Gasteiger partial charge in [0.2, 0.25) is 11.7 Å². The van der Waals surface area contributed by atoms with Gasteiger partial charge in [0.25, 0.3) is 0 Å². The average Bonchev–Trinajstić information content (AvgIpc) is 2.85. The van der Waals surface area contributed by atoms with E-state index in [9.17, 15) is 8.42 Å². The van der Waals surface area contributed by atoms with Crippen molar-refractivity contribution in [2.24, 2.45) is 5.73 Å². The number of halogens is 1. The normalized spacial score (nSPS) is 13.3. The Kier molecular flexibility index (Phi) is 4.56. The second-order valence-corrected chi connectivity index (χ2v) is 7.66. The summed E-state index contributed by atoms with van der Waals surface area (Å²) in [5.41, 5.74) is 6.65. The molecular weight excluding hydrogens is 346 g/mol. The van der Waals surface area contributed by atoms with Crippen molar-refractivity contribution in [3.63, 3.8) is 0 Å². The van der Waals surface area contributed by atoms with Gasteiger partial charge in [0.15, 0.2) is 0 Å². The first-order valence-electron chi connectivity index (χ1n) is 5.88. The Bertz CT molecular complexity index is 682. The second kappa shape index (κ2) is 6.02. The van der Waals surface area contributed by atoms with Crippen LogP contribution < -0.4 is 5.73 Å². The SMILES string of the molecule is CS(=O)(=O)CCC(N)c1nc(-c2ccc(Br)cc2)no1. The molecule has 0 saturated heterocycles. The molecule has 1 atom stereocenters. The predicted molar refractivity (Wildman–Crippen MR) is 78.7 cm³/mol. The second-order valence-electron chi connectivity index (χ2n) is 4.49. The maximum Gasteiger partial charge on any atom is 0.243 e. The van der Waals surface area contributed by atoms with E-state index in [1.54, 1.807) is 0 Å². The van der Waals surface area contributed by atoms with E-state index in [1.165, 1.54) is 6.26 Å². The lowest BCUT2D eigenvalue weighted by Crippen LogP contribution is -2.16. The van der Waals surface area contributed by atoms with Crippen molar-refractivity contribution >= 4 is 25.8 Å². The molecule has 0 fully saturated rings. The van der Waals surface area contributed by atoms with E-state index in [1.807, 2.05) is 24.3 Å². The quantitative estimate of drug-likeness (QED) is 0.875. The van der Waals surface area contributed by atoms with E-state index in [0.29, 0.717) is 5.82 Å². The lowest BCUT2D eigenvalue weighted by molar-refractivity contribution is 0.352. The van der Waals surface area contributed by atoms with Crippen LogP contribution in [0.3, 0.4) is 0 Å². The van der Waals surface area contributed by atoms with E-state index in [4.69, 9.17) is 10.3 Å². The van der Waals surface area contributed by atoms with Gasteiger partial charge in [-0.1, -0.05) is 21.1 Å². The van der Waals surface area contributed by atoms with Gasteiger partial charge in [-0.05, 0) is 30.7 Å². The lowest BCUT2D eigenvalue weighted by atomic mass is 10.2. The lowest BCUT2D eigenvalue weighted by Gasteiger charge is -2.04. The molecule has 0 saturated carbocycles. The fourth-order valence-electron chi connectivity index (χ4n) is 1.57. The highest BCUT2D eigenvalue weighted by Crippen LogP contribution is 2.21. The van der Waals surface area contributed by atoms with Crippen LogP contribution in [0.2, 0.25) is 0 Å². The molecule has 1 aromatic heterocycles. The van der Waals surface area contributed by atoms with Gasteiger partial charge in [-0.25, -0.2) is 8.42 Å². The van der Waals surface area contributed by atoms with Gasteiger partial charge in [-0.15, -0.1) is 0 Å². The molecule has 2 rings (SSSR count). The average molecular weight is 360 g/mol. The van der Waals surface area contributed by atoms with Crippen LogP contribution in [-0.4, -0.2) is 30.6 Å². The summed E-state index contributed by atoms with van der Waals surface area (Å²) in [6, 6.07) is 6.85. The van der Waals surface area contributed by atoms with Crippen LogP contribution in [-0.2, 0) is 9.84 Å². The predicted octanol–water partition coefficient (Wildman–Crippen LogP) is 1.93. The summed E-state index contributed by atoms with van der Waals surface area (Å²) >= 11 is 3.34. The number of nitrogens with two attached hydrogens (primary N) is 1.